The van der Waals surface area contributed by atoms with Crippen LogP contribution in [0.2, 0.25) is 0 Å². The highest BCUT2D eigenvalue weighted by molar-refractivity contribution is 7.95. The van der Waals surface area contributed by atoms with Crippen LogP contribution < -0.4 is 5.32 Å². The van der Waals surface area contributed by atoms with Gasteiger partial charge in [0.1, 0.15) is 0 Å². The van der Waals surface area contributed by atoms with Gasteiger partial charge in [0.05, 0.1) is 4.90 Å². The number of nitrogens with one attached hydrogen (secondary N) is 1. The molecular weight excluding hydrogens is 258 g/mol. The Labute approximate surface area is 115 Å². The summed E-state index contributed by atoms with van der Waals surface area (Å²) in [6.07, 6.45) is 4.89. The molecule has 0 radical (unpaired) electrons. The van der Waals surface area contributed by atoms with Crippen molar-refractivity contribution in [1.82, 2.24) is 5.32 Å². The minimum Gasteiger partial charge on any atom is -0.307 e. The first-order valence-electron chi connectivity index (χ1n) is 6.42. The van der Waals surface area contributed by atoms with Crippen LogP contribution in [0.3, 0.4) is 0 Å². The highest BCUT2D eigenvalue weighted by atomic mass is 32.2. The van der Waals surface area contributed by atoms with Crippen LogP contribution in [0, 0.1) is 0 Å². The van der Waals surface area contributed by atoms with E-state index in [4.69, 9.17) is 0 Å². The zero-order valence-corrected chi connectivity index (χ0v) is 11.9. The molecule has 2 atom stereocenters. The fourth-order valence-electron chi connectivity index (χ4n) is 2.33. The molecule has 1 N–H and O–H groups in total. The van der Waals surface area contributed by atoms with Crippen LogP contribution in [-0.2, 0) is 9.84 Å². The zero-order chi connectivity index (χ0) is 13.9. The molecule has 0 aliphatic carbocycles. The van der Waals surface area contributed by atoms with Crippen molar-refractivity contribution in [2.24, 2.45) is 0 Å². The molecule has 1 aliphatic heterocycles. The molecule has 3 nitrogen and oxygen atoms in total. The van der Waals surface area contributed by atoms with Crippen molar-refractivity contribution < 1.29 is 8.42 Å². The Morgan fingerprint density at radius 2 is 2.05 bits per heavy atom. The second kappa shape index (κ2) is 5.72. The number of benzene rings is 1. The summed E-state index contributed by atoms with van der Waals surface area (Å²) in [5.74, 6) is 0. The molecule has 0 fully saturated rings. The van der Waals surface area contributed by atoms with Gasteiger partial charge in [-0.1, -0.05) is 30.4 Å². The van der Waals surface area contributed by atoms with Gasteiger partial charge in [0.25, 0.3) is 0 Å². The van der Waals surface area contributed by atoms with E-state index >= 15 is 0 Å². The largest absolute Gasteiger partial charge is 0.307 e. The molecule has 0 bridgehead atoms. The molecule has 0 amide bonds. The smallest absolute Gasteiger partial charge is 0.202 e. The second-order valence-electron chi connectivity index (χ2n) is 4.85. The molecule has 19 heavy (non-hydrogen) atoms. The maximum atomic E-state index is 12.6. The van der Waals surface area contributed by atoms with E-state index < -0.39 is 9.84 Å². The van der Waals surface area contributed by atoms with Gasteiger partial charge < -0.3 is 5.32 Å². The van der Waals surface area contributed by atoms with Gasteiger partial charge in [-0.2, -0.15) is 0 Å². The molecule has 1 aromatic carbocycles. The van der Waals surface area contributed by atoms with Gasteiger partial charge in [0.2, 0.25) is 9.84 Å². The van der Waals surface area contributed by atoms with Crippen LogP contribution in [0.25, 0.3) is 0 Å². The van der Waals surface area contributed by atoms with Crippen molar-refractivity contribution in [1.29, 1.82) is 0 Å². The van der Waals surface area contributed by atoms with Crippen LogP contribution >= 0.6 is 0 Å². The first-order chi connectivity index (χ1) is 9.04. The average Bonchev–Trinajstić information content (AvgIpc) is 2.39. The molecule has 102 valence electrons. The summed E-state index contributed by atoms with van der Waals surface area (Å²) >= 11 is 0. The van der Waals surface area contributed by atoms with E-state index in [9.17, 15) is 8.42 Å². The highest BCUT2D eigenvalue weighted by Crippen LogP contribution is 2.26. The maximum absolute atomic E-state index is 12.6. The monoisotopic (exact) mass is 277 g/mol. The van der Waals surface area contributed by atoms with E-state index in [2.05, 4.69) is 11.9 Å². The Kier molecular flexibility index (Phi) is 4.22. The van der Waals surface area contributed by atoms with E-state index in [-0.39, 0.29) is 12.1 Å². The quantitative estimate of drug-likeness (QED) is 0.861. The number of hydrogen-bond donors (Lipinski definition) is 1. The minimum atomic E-state index is -3.36. The van der Waals surface area contributed by atoms with Gasteiger partial charge in [0, 0.05) is 17.0 Å². The lowest BCUT2D eigenvalue weighted by Crippen LogP contribution is -2.40. The van der Waals surface area contributed by atoms with Crippen molar-refractivity contribution >= 4 is 9.84 Å². The molecule has 4 heteroatoms. The van der Waals surface area contributed by atoms with Crippen molar-refractivity contribution in [3.63, 3.8) is 0 Å². The summed E-state index contributed by atoms with van der Waals surface area (Å²) in [4.78, 5) is 0.879. The predicted molar refractivity (Wildman–Crippen MR) is 77.5 cm³/mol. The lowest BCUT2D eigenvalue weighted by Gasteiger charge is -2.27. The summed E-state index contributed by atoms with van der Waals surface area (Å²) in [7, 11) is -3.36. The minimum absolute atomic E-state index is 0.0507. The topological polar surface area (TPSA) is 46.2 Å². The molecule has 0 aromatic heterocycles. The number of hydrogen-bond acceptors (Lipinski definition) is 3. The number of sulfone groups is 1. The first kappa shape index (κ1) is 14.0. The van der Waals surface area contributed by atoms with E-state index in [1.54, 1.807) is 30.3 Å². The average molecular weight is 277 g/mol. The van der Waals surface area contributed by atoms with Crippen molar-refractivity contribution in [3.05, 3.63) is 54.0 Å². The fraction of sp³-hybridized carbons (Fsp3) is 0.333. The standard InChI is InChI=1S/C15H19NO2S/c1-3-7-13-11-15(10-12(2)16-13)19(17,18)14-8-5-4-6-9-14/h3-6,8-9,11-13,16H,1,7,10H2,2H3/t12-,13+/m1/s1. The van der Waals surface area contributed by atoms with Gasteiger partial charge in [-0.3, -0.25) is 0 Å². The van der Waals surface area contributed by atoms with Gasteiger partial charge >= 0.3 is 0 Å². The second-order valence-corrected chi connectivity index (χ2v) is 6.85. The van der Waals surface area contributed by atoms with E-state index in [0.717, 1.165) is 6.42 Å². The molecule has 0 saturated heterocycles. The van der Waals surface area contributed by atoms with Crippen LogP contribution in [0.4, 0.5) is 0 Å². The van der Waals surface area contributed by atoms with Gasteiger partial charge in [-0.25, -0.2) is 8.42 Å². The third-order valence-electron chi connectivity index (χ3n) is 3.21. The normalized spacial score (nSPS) is 23.7. The molecule has 0 spiro atoms. The Morgan fingerprint density at radius 1 is 1.37 bits per heavy atom. The predicted octanol–water partition coefficient (Wildman–Crippen LogP) is 2.67. The van der Waals surface area contributed by atoms with Gasteiger partial charge in [0.15, 0.2) is 0 Å². The molecular formula is C15H19NO2S. The molecule has 2 rings (SSSR count). The molecule has 0 saturated carbocycles. The van der Waals surface area contributed by atoms with Crippen LogP contribution in [-0.4, -0.2) is 20.5 Å². The SMILES string of the molecule is C=CC[C@H]1C=C(S(=O)(=O)c2ccccc2)C[C@@H](C)N1. The van der Waals surface area contributed by atoms with E-state index in [0.29, 0.717) is 16.2 Å². The lowest BCUT2D eigenvalue weighted by molar-refractivity contribution is 0.472. The summed E-state index contributed by atoms with van der Waals surface area (Å²) in [5.41, 5.74) is 0. The summed E-state index contributed by atoms with van der Waals surface area (Å²) in [6.45, 7) is 5.71. The summed E-state index contributed by atoms with van der Waals surface area (Å²) < 4.78 is 25.1. The third kappa shape index (κ3) is 3.14. The van der Waals surface area contributed by atoms with E-state index in [1.165, 1.54) is 0 Å². The number of rotatable bonds is 4. The van der Waals surface area contributed by atoms with E-state index in [1.807, 2.05) is 19.1 Å². The van der Waals surface area contributed by atoms with Gasteiger partial charge in [-0.15, -0.1) is 6.58 Å². The van der Waals surface area contributed by atoms with Crippen molar-refractivity contribution in [3.8, 4) is 0 Å². The summed E-state index contributed by atoms with van der Waals surface area (Å²) in [6, 6.07) is 8.81. The Morgan fingerprint density at radius 3 is 2.68 bits per heavy atom. The molecule has 1 aromatic rings. The van der Waals surface area contributed by atoms with Crippen LogP contribution in [0.5, 0.6) is 0 Å². The zero-order valence-electron chi connectivity index (χ0n) is 11.0. The summed E-state index contributed by atoms with van der Waals surface area (Å²) in [5, 5.41) is 3.36. The fourth-order valence-corrected chi connectivity index (χ4v) is 3.96. The van der Waals surface area contributed by atoms with Crippen molar-refractivity contribution in [2.45, 2.75) is 36.7 Å². The Balaban J connectivity index is 2.37. The Hall–Kier alpha value is -1.39. The van der Waals surface area contributed by atoms with Gasteiger partial charge in [-0.05, 0) is 31.9 Å². The van der Waals surface area contributed by atoms with Crippen molar-refractivity contribution in [2.75, 3.05) is 0 Å². The third-order valence-corrected chi connectivity index (χ3v) is 5.10. The molecule has 1 heterocycles. The Bertz CT molecular complexity index is 575. The first-order valence-corrected chi connectivity index (χ1v) is 7.90. The highest BCUT2D eigenvalue weighted by Gasteiger charge is 2.27. The van der Waals surface area contributed by atoms with Crippen LogP contribution in [0.15, 0.2) is 58.9 Å². The lowest BCUT2D eigenvalue weighted by atomic mass is 10.0. The maximum Gasteiger partial charge on any atom is 0.202 e. The molecule has 1 aliphatic rings. The molecule has 0 unspecified atom stereocenters. The van der Waals surface area contributed by atoms with Crippen LogP contribution in [0.1, 0.15) is 19.8 Å².